The predicted octanol–water partition coefficient (Wildman–Crippen LogP) is 1.53. The number of hydrogen-bond donors (Lipinski definition) is 3. The maximum absolute atomic E-state index is 10.2. The minimum absolute atomic E-state index is 0.177. The monoisotopic (exact) mass is 217 g/mol. The van der Waals surface area contributed by atoms with Crippen molar-refractivity contribution in [1.29, 1.82) is 0 Å². The number of aliphatic hydroxyl groups excluding tert-OH is 1. The first kappa shape index (κ1) is 14.9. The smallest absolute Gasteiger partial charge is 0.0693 e. The van der Waals surface area contributed by atoms with Crippen LogP contribution in [-0.4, -0.2) is 34.5 Å². The van der Waals surface area contributed by atoms with Crippen LogP contribution in [0.5, 0.6) is 0 Å². The normalized spacial score (nSPS) is 18.2. The molecule has 0 aromatic heterocycles. The lowest BCUT2D eigenvalue weighted by Gasteiger charge is -2.33. The summed E-state index contributed by atoms with van der Waals surface area (Å²) in [5, 5.41) is 23.2. The van der Waals surface area contributed by atoms with Gasteiger partial charge in [-0.25, -0.2) is 0 Å². The minimum Gasteiger partial charge on any atom is -0.392 e. The van der Waals surface area contributed by atoms with Crippen molar-refractivity contribution in [2.45, 2.75) is 65.2 Å². The van der Waals surface area contributed by atoms with Gasteiger partial charge in [0, 0.05) is 19.0 Å². The average molecular weight is 217 g/mol. The predicted molar refractivity (Wildman–Crippen MR) is 63.8 cm³/mol. The molecule has 0 unspecified atom stereocenters. The lowest BCUT2D eigenvalue weighted by molar-refractivity contribution is -0.0484. The largest absolute Gasteiger partial charge is 0.392 e. The molecule has 0 amide bonds. The summed E-state index contributed by atoms with van der Waals surface area (Å²) in [6, 6.07) is 0.369. The highest BCUT2D eigenvalue weighted by Gasteiger charge is 2.31. The fraction of sp³-hybridized carbons (Fsp3) is 1.00. The van der Waals surface area contributed by atoms with E-state index in [1.54, 1.807) is 0 Å². The Morgan fingerprint density at radius 1 is 1.20 bits per heavy atom. The molecule has 0 aliphatic carbocycles. The molecule has 2 atom stereocenters. The zero-order valence-corrected chi connectivity index (χ0v) is 10.7. The second-order valence-electron chi connectivity index (χ2n) is 5.03. The zero-order valence-electron chi connectivity index (χ0n) is 10.7. The van der Waals surface area contributed by atoms with Crippen molar-refractivity contribution in [3.05, 3.63) is 0 Å². The topological polar surface area (TPSA) is 52.5 Å². The Balaban J connectivity index is 4.07. The molecule has 0 spiro atoms. The van der Waals surface area contributed by atoms with Crippen molar-refractivity contribution in [2.24, 2.45) is 5.92 Å². The van der Waals surface area contributed by atoms with Crippen LogP contribution in [0, 0.1) is 5.92 Å². The first-order chi connectivity index (χ1) is 6.81. The highest BCUT2D eigenvalue weighted by molar-refractivity contribution is 4.84. The quantitative estimate of drug-likeness (QED) is 0.606. The van der Waals surface area contributed by atoms with Crippen LogP contribution in [0.3, 0.4) is 0 Å². The molecule has 3 heteroatoms. The van der Waals surface area contributed by atoms with Crippen LogP contribution in [0.15, 0.2) is 0 Å². The van der Waals surface area contributed by atoms with Gasteiger partial charge in [-0.05, 0) is 12.3 Å². The minimum atomic E-state index is -0.738. The van der Waals surface area contributed by atoms with Crippen LogP contribution >= 0.6 is 0 Å². The molecule has 0 radical (unpaired) electrons. The zero-order chi connectivity index (χ0) is 12.1. The first-order valence-electron chi connectivity index (χ1n) is 5.95. The fourth-order valence-corrected chi connectivity index (χ4v) is 1.64. The molecule has 0 aliphatic rings. The summed E-state index contributed by atoms with van der Waals surface area (Å²) in [7, 11) is 0. The molecule has 0 aromatic carbocycles. The summed E-state index contributed by atoms with van der Waals surface area (Å²) in [6.07, 6.45) is 0.657. The summed E-state index contributed by atoms with van der Waals surface area (Å²) in [5.74, 6) is 0.177. The van der Waals surface area contributed by atoms with Crippen LogP contribution in [0.1, 0.15) is 47.5 Å². The Kier molecular flexibility index (Phi) is 6.41. The van der Waals surface area contributed by atoms with Crippen molar-refractivity contribution < 1.29 is 10.2 Å². The van der Waals surface area contributed by atoms with E-state index in [4.69, 9.17) is 0 Å². The molecule has 3 nitrogen and oxygen atoms in total. The van der Waals surface area contributed by atoms with Crippen molar-refractivity contribution in [3.8, 4) is 0 Å². The van der Waals surface area contributed by atoms with Gasteiger partial charge >= 0.3 is 0 Å². The van der Waals surface area contributed by atoms with Gasteiger partial charge in [0.25, 0.3) is 0 Å². The van der Waals surface area contributed by atoms with Gasteiger partial charge in [-0.1, -0.05) is 34.6 Å². The van der Waals surface area contributed by atoms with E-state index in [0.29, 0.717) is 25.4 Å². The first-order valence-corrected chi connectivity index (χ1v) is 5.95. The second kappa shape index (κ2) is 6.46. The van der Waals surface area contributed by atoms with E-state index in [1.165, 1.54) is 0 Å². The van der Waals surface area contributed by atoms with Crippen molar-refractivity contribution in [3.63, 3.8) is 0 Å². The SMILES string of the molecule is CC[C@](O)(C[C@H](O)CNC(C)C)C(C)C. The van der Waals surface area contributed by atoms with E-state index >= 15 is 0 Å². The van der Waals surface area contributed by atoms with Gasteiger partial charge < -0.3 is 15.5 Å². The molecule has 0 saturated heterocycles. The molecule has 0 rings (SSSR count). The highest BCUT2D eigenvalue weighted by atomic mass is 16.3. The van der Waals surface area contributed by atoms with Gasteiger partial charge in [0.2, 0.25) is 0 Å². The molecule has 0 heterocycles. The Morgan fingerprint density at radius 3 is 2.07 bits per heavy atom. The number of hydrogen-bond acceptors (Lipinski definition) is 3. The van der Waals surface area contributed by atoms with Crippen molar-refractivity contribution in [1.82, 2.24) is 5.32 Å². The molecule has 0 bridgehead atoms. The van der Waals surface area contributed by atoms with Gasteiger partial charge in [-0.3, -0.25) is 0 Å². The Morgan fingerprint density at radius 2 is 1.73 bits per heavy atom. The number of rotatable bonds is 7. The molecule has 0 saturated carbocycles. The third-order valence-corrected chi connectivity index (χ3v) is 3.04. The highest BCUT2D eigenvalue weighted by Crippen LogP contribution is 2.26. The van der Waals surface area contributed by atoms with Gasteiger partial charge in [0.05, 0.1) is 11.7 Å². The number of nitrogens with one attached hydrogen (secondary N) is 1. The van der Waals surface area contributed by atoms with Crippen LogP contribution < -0.4 is 5.32 Å². The summed E-state index contributed by atoms with van der Waals surface area (Å²) in [6.45, 7) is 10.6. The molecule has 15 heavy (non-hydrogen) atoms. The molecular formula is C12H27NO2. The Labute approximate surface area is 93.9 Å². The maximum Gasteiger partial charge on any atom is 0.0693 e. The average Bonchev–Trinajstić information content (AvgIpc) is 2.14. The molecular weight excluding hydrogens is 190 g/mol. The van der Waals surface area contributed by atoms with Crippen molar-refractivity contribution >= 4 is 0 Å². The third kappa shape index (κ3) is 5.50. The molecule has 3 N–H and O–H groups in total. The van der Waals surface area contributed by atoms with Crippen LogP contribution in [0.25, 0.3) is 0 Å². The van der Waals surface area contributed by atoms with Crippen LogP contribution in [0.2, 0.25) is 0 Å². The Bertz CT molecular complexity index is 171. The molecule has 0 fully saturated rings. The van der Waals surface area contributed by atoms with E-state index in [9.17, 15) is 10.2 Å². The summed E-state index contributed by atoms with van der Waals surface area (Å²) >= 11 is 0. The van der Waals surface area contributed by atoms with E-state index in [0.717, 1.165) is 0 Å². The van der Waals surface area contributed by atoms with Crippen LogP contribution in [0.4, 0.5) is 0 Å². The van der Waals surface area contributed by atoms with Gasteiger partial charge in [0.15, 0.2) is 0 Å². The lowest BCUT2D eigenvalue weighted by Crippen LogP contribution is -2.42. The van der Waals surface area contributed by atoms with Crippen LogP contribution in [-0.2, 0) is 0 Å². The van der Waals surface area contributed by atoms with Crippen molar-refractivity contribution in [2.75, 3.05) is 6.54 Å². The third-order valence-electron chi connectivity index (χ3n) is 3.04. The summed E-state index contributed by atoms with van der Waals surface area (Å²) < 4.78 is 0. The van der Waals surface area contributed by atoms with E-state index in [-0.39, 0.29) is 5.92 Å². The summed E-state index contributed by atoms with van der Waals surface area (Å²) in [5.41, 5.74) is -0.738. The summed E-state index contributed by atoms with van der Waals surface area (Å²) in [4.78, 5) is 0. The maximum atomic E-state index is 10.2. The standard InChI is InChI=1S/C12H27NO2/c1-6-12(15,9(2)3)7-11(14)8-13-10(4)5/h9-11,13-15H,6-8H2,1-5H3/t11-,12-/m0/s1. The Hall–Kier alpha value is -0.120. The van der Waals surface area contributed by atoms with Gasteiger partial charge in [-0.15, -0.1) is 0 Å². The van der Waals surface area contributed by atoms with Gasteiger partial charge in [0.1, 0.15) is 0 Å². The molecule has 92 valence electrons. The van der Waals surface area contributed by atoms with E-state index < -0.39 is 11.7 Å². The number of aliphatic hydroxyl groups is 2. The van der Waals surface area contributed by atoms with E-state index in [2.05, 4.69) is 5.32 Å². The lowest BCUT2D eigenvalue weighted by atomic mass is 9.83. The van der Waals surface area contributed by atoms with Gasteiger partial charge in [-0.2, -0.15) is 0 Å². The second-order valence-corrected chi connectivity index (χ2v) is 5.03. The van der Waals surface area contributed by atoms with E-state index in [1.807, 2.05) is 34.6 Å². The molecule has 0 aliphatic heterocycles. The molecule has 0 aromatic rings. The fourth-order valence-electron chi connectivity index (χ4n) is 1.64.